The van der Waals surface area contributed by atoms with Crippen LogP contribution in [-0.2, 0) is 0 Å². The van der Waals surface area contributed by atoms with Gasteiger partial charge in [-0.3, -0.25) is 9.59 Å². The van der Waals surface area contributed by atoms with Crippen LogP contribution in [0, 0.1) is 5.82 Å². The van der Waals surface area contributed by atoms with Gasteiger partial charge in [0.25, 0.3) is 5.91 Å². The number of H-pyrrole nitrogens is 1. The number of aromatic nitrogens is 3. The van der Waals surface area contributed by atoms with Crippen LogP contribution in [0.5, 0.6) is 0 Å². The molecule has 0 unspecified atom stereocenters. The molecule has 6 nitrogen and oxygen atoms in total. The average molecular weight is 348 g/mol. The number of pyridine rings is 1. The predicted octanol–water partition coefficient (Wildman–Crippen LogP) is 3.11. The summed E-state index contributed by atoms with van der Waals surface area (Å²) >= 11 is 0. The lowest BCUT2D eigenvalue weighted by atomic mass is 10.1. The molecule has 0 saturated carbocycles. The number of halogens is 1. The lowest BCUT2D eigenvalue weighted by molar-refractivity contribution is 0.102. The number of carbonyl (C=O) groups excluding carboxylic acids is 1. The van der Waals surface area contributed by atoms with Gasteiger partial charge in [0.15, 0.2) is 0 Å². The summed E-state index contributed by atoms with van der Waals surface area (Å²) in [7, 11) is 0. The highest BCUT2D eigenvalue weighted by Crippen LogP contribution is 2.20. The molecule has 0 bridgehead atoms. The van der Waals surface area contributed by atoms with Crippen molar-refractivity contribution in [2.75, 3.05) is 5.32 Å². The summed E-state index contributed by atoms with van der Waals surface area (Å²) in [5, 5.41) is 3.25. The molecular formula is C19H13FN4O2. The Bertz CT molecular complexity index is 1170. The largest absolute Gasteiger partial charge is 0.322 e. The molecule has 0 radical (unpaired) electrons. The molecule has 0 saturated heterocycles. The fraction of sp³-hybridized carbons (Fsp3) is 0. The van der Waals surface area contributed by atoms with Gasteiger partial charge in [0.1, 0.15) is 5.82 Å². The highest BCUT2D eigenvalue weighted by Gasteiger charge is 2.13. The first kappa shape index (κ1) is 15.8. The van der Waals surface area contributed by atoms with Crippen molar-refractivity contribution >= 4 is 22.5 Å². The zero-order valence-electron chi connectivity index (χ0n) is 13.4. The van der Waals surface area contributed by atoms with Crippen molar-refractivity contribution in [2.24, 2.45) is 0 Å². The van der Waals surface area contributed by atoms with E-state index in [1.165, 1.54) is 23.0 Å². The fourth-order valence-corrected chi connectivity index (χ4v) is 2.79. The van der Waals surface area contributed by atoms with Crippen molar-refractivity contribution < 1.29 is 9.18 Å². The molecule has 2 aromatic heterocycles. The second-order valence-corrected chi connectivity index (χ2v) is 5.68. The van der Waals surface area contributed by atoms with E-state index in [1.807, 2.05) is 0 Å². The summed E-state index contributed by atoms with van der Waals surface area (Å²) in [4.78, 5) is 30.9. The first-order valence-electron chi connectivity index (χ1n) is 7.83. The van der Waals surface area contributed by atoms with Crippen molar-refractivity contribution in [1.29, 1.82) is 0 Å². The van der Waals surface area contributed by atoms with E-state index in [-0.39, 0.29) is 11.1 Å². The van der Waals surface area contributed by atoms with Crippen molar-refractivity contribution in [2.45, 2.75) is 0 Å². The van der Waals surface area contributed by atoms with Gasteiger partial charge in [0, 0.05) is 35.1 Å². The summed E-state index contributed by atoms with van der Waals surface area (Å²) < 4.78 is 15.9. The molecule has 2 N–H and O–H groups in total. The van der Waals surface area contributed by atoms with Crippen LogP contribution in [-0.4, -0.2) is 20.4 Å². The number of carbonyl (C=O) groups is 1. The molecule has 0 fully saturated rings. The molecule has 0 spiro atoms. The molecule has 26 heavy (non-hydrogen) atoms. The van der Waals surface area contributed by atoms with Crippen LogP contribution in [0.4, 0.5) is 10.1 Å². The average Bonchev–Trinajstić information content (AvgIpc) is 3.15. The smallest absolute Gasteiger partial charge is 0.256 e. The number of aromatic amines is 1. The number of nitrogens with one attached hydrogen (secondary N) is 2. The van der Waals surface area contributed by atoms with E-state index >= 15 is 0 Å². The number of nitrogens with zero attached hydrogens (tertiary/aromatic N) is 2. The van der Waals surface area contributed by atoms with Crippen LogP contribution in [0.1, 0.15) is 10.4 Å². The number of hydrogen-bond acceptors (Lipinski definition) is 3. The SMILES string of the molecule is O=C(Nc1ccc(-n2ccnc2)c(F)c1)c1cc(=O)[nH]c2ccccc12. The number of hydrogen-bond donors (Lipinski definition) is 2. The molecule has 0 aliphatic carbocycles. The van der Waals surface area contributed by atoms with E-state index in [4.69, 9.17) is 0 Å². The Balaban J connectivity index is 1.67. The molecule has 0 atom stereocenters. The van der Waals surface area contributed by atoms with Gasteiger partial charge in [-0.05, 0) is 24.3 Å². The third kappa shape index (κ3) is 2.86. The molecule has 4 rings (SSSR count). The van der Waals surface area contributed by atoms with Gasteiger partial charge in [-0.15, -0.1) is 0 Å². The standard InChI is InChI=1S/C19H13FN4O2/c20-15-9-12(5-6-17(15)24-8-7-21-11-24)22-19(26)14-10-18(25)23-16-4-2-1-3-13(14)16/h1-11H,(H,22,26)(H,23,25). The minimum absolute atomic E-state index is 0.225. The van der Waals surface area contributed by atoms with Gasteiger partial charge in [-0.1, -0.05) is 18.2 Å². The Kier molecular flexibility index (Phi) is 3.81. The quantitative estimate of drug-likeness (QED) is 0.597. The Labute approximate surface area is 146 Å². The summed E-state index contributed by atoms with van der Waals surface area (Å²) in [6, 6.07) is 12.6. The van der Waals surface area contributed by atoms with E-state index in [9.17, 15) is 14.0 Å². The van der Waals surface area contributed by atoms with Crippen LogP contribution in [0.15, 0.2) is 72.0 Å². The van der Waals surface area contributed by atoms with Crippen molar-refractivity contribution in [3.8, 4) is 5.69 Å². The number of benzene rings is 2. The summed E-state index contributed by atoms with van der Waals surface area (Å²) in [6.45, 7) is 0. The maximum atomic E-state index is 14.3. The molecule has 128 valence electrons. The number of fused-ring (bicyclic) bond motifs is 1. The second kappa shape index (κ2) is 6.29. The second-order valence-electron chi connectivity index (χ2n) is 5.68. The van der Waals surface area contributed by atoms with E-state index in [2.05, 4.69) is 15.3 Å². The normalized spacial score (nSPS) is 10.8. The zero-order chi connectivity index (χ0) is 18.1. The van der Waals surface area contributed by atoms with Crippen molar-refractivity contribution in [1.82, 2.24) is 14.5 Å². The fourth-order valence-electron chi connectivity index (χ4n) is 2.79. The van der Waals surface area contributed by atoms with Gasteiger partial charge in [0.2, 0.25) is 5.56 Å². The van der Waals surface area contributed by atoms with Crippen LogP contribution < -0.4 is 10.9 Å². The van der Waals surface area contributed by atoms with E-state index in [1.54, 1.807) is 48.8 Å². The van der Waals surface area contributed by atoms with Gasteiger partial charge < -0.3 is 14.9 Å². The Hall–Kier alpha value is -3.74. The molecule has 0 aliphatic rings. The lowest BCUT2D eigenvalue weighted by Gasteiger charge is -2.10. The Morgan fingerprint density at radius 2 is 2.00 bits per heavy atom. The minimum atomic E-state index is -0.503. The Morgan fingerprint density at radius 3 is 2.77 bits per heavy atom. The zero-order valence-corrected chi connectivity index (χ0v) is 13.4. The summed E-state index contributed by atoms with van der Waals surface area (Å²) in [5.41, 5.74) is 1.02. The van der Waals surface area contributed by atoms with Gasteiger partial charge in [-0.2, -0.15) is 0 Å². The van der Waals surface area contributed by atoms with Crippen molar-refractivity contribution in [3.63, 3.8) is 0 Å². The maximum absolute atomic E-state index is 14.3. The van der Waals surface area contributed by atoms with Gasteiger partial charge in [0.05, 0.1) is 17.6 Å². The van der Waals surface area contributed by atoms with E-state index in [0.717, 1.165) is 0 Å². The van der Waals surface area contributed by atoms with Crippen LogP contribution in [0.25, 0.3) is 16.6 Å². The number of amides is 1. The number of anilines is 1. The van der Waals surface area contributed by atoms with Gasteiger partial charge >= 0.3 is 0 Å². The first-order chi connectivity index (χ1) is 12.6. The van der Waals surface area contributed by atoms with Gasteiger partial charge in [-0.25, -0.2) is 9.37 Å². The minimum Gasteiger partial charge on any atom is -0.322 e. The first-order valence-corrected chi connectivity index (χ1v) is 7.83. The predicted molar refractivity (Wildman–Crippen MR) is 96.0 cm³/mol. The number of imidazole rings is 1. The molecule has 7 heteroatoms. The van der Waals surface area contributed by atoms with E-state index in [0.29, 0.717) is 22.3 Å². The molecule has 2 aromatic carbocycles. The van der Waals surface area contributed by atoms with E-state index < -0.39 is 11.7 Å². The number of rotatable bonds is 3. The van der Waals surface area contributed by atoms with Crippen LogP contribution >= 0.6 is 0 Å². The van der Waals surface area contributed by atoms with Crippen molar-refractivity contribution in [3.05, 3.63) is 89.0 Å². The topological polar surface area (TPSA) is 79.8 Å². The monoisotopic (exact) mass is 348 g/mol. The molecule has 4 aromatic rings. The highest BCUT2D eigenvalue weighted by molar-refractivity contribution is 6.12. The highest BCUT2D eigenvalue weighted by atomic mass is 19.1. The third-order valence-electron chi connectivity index (χ3n) is 3.98. The Morgan fingerprint density at radius 1 is 1.15 bits per heavy atom. The summed E-state index contributed by atoms with van der Waals surface area (Å²) in [5.74, 6) is -0.987. The molecular weight excluding hydrogens is 335 g/mol. The van der Waals surface area contributed by atoms with Crippen LogP contribution in [0.2, 0.25) is 0 Å². The number of para-hydroxylation sites is 1. The third-order valence-corrected chi connectivity index (χ3v) is 3.98. The molecule has 1 amide bonds. The maximum Gasteiger partial charge on any atom is 0.256 e. The molecule has 2 heterocycles. The van der Waals surface area contributed by atoms with Crippen LogP contribution in [0.3, 0.4) is 0 Å². The lowest BCUT2D eigenvalue weighted by Crippen LogP contribution is -2.17. The summed E-state index contributed by atoms with van der Waals surface area (Å²) in [6.07, 6.45) is 4.66. The molecule has 0 aliphatic heterocycles.